The first-order valence-electron chi connectivity index (χ1n) is 8.53. The van der Waals surface area contributed by atoms with Crippen LogP contribution < -0.4 is 0 Å². The third-order valence-corrected chi connectivity index (χ3v) is 6.91. The second kappa shape index (κ2) is 4.84. The number of allylic oxidation sites excluding steroid dienone is 5. The van der Waals surface area contributed by atoms with Gasteiger partial charge in [-0.15, -0.1) is 6.58 Å². The molecule has 0 saturated heterocycles. The van der Waals surface area contributed by atoms with Gasteiger partial charge in [0.15, 0.2) is 0 Å². The molecule has 0 heterocycles. The van der Waals surface area contributed by atoms with E-state index in [0.717, 1.165) is 32.1 Å². The van der Waals surface area contributed by atoms with Gasteiger partial charge < -0.3 is 5.11 Å². The molecule has 0 spiro atoms. The number of hydrogen-bond acceptors (Lipinski definition) is 1. The van der Waals surface area contributed by atoms with E-state index in [4.69, 9.17) is 0 Å². The average molecular weight is 300 g/mol. The molecule has 3 aliphatic carbocycles. The van der Waals surface area contributed by atoms with E-state index in [-0.39, 0.29) is 16.7 Å². The summed E-state index contributed by atoms with van der Waals surface area (Å²) >= 11 is 0. The maximum Gasteiger partial charge on any atom is 0.309 e. The minimum atomic E-state index is -0.632. The van der Waals surface area contributed by atoms with E-state index in [2.05, 4.69) is 44.7 Å². The normalized spacial score (nSPS) is 47.1. The van der Waals surface area contributed by atoms with E-state index in [9.17, 15) is 9.90 Å². The van der Waals surface area contributed by atoms with Crippen LogP contribution in [-0.4, -0.2) is 11.1 Å². The lowest BCUT2D eigenvalue weighted by atomic mass is 9.47. The van der Waals surface area contributed by atoms with Gasteiger partial charge in [-0.2, -0.15) is 0 Å². The van der Waals surface area contributed by atoms with Gasteiger partial charge in [-0.25, -0.2) is 0 Å². The first-order chi connectivity index (χ1) is 10.3. The molecule has 1 N–H and O–H groups in total. The largest absolute Gasteiger partial charge is 0.481 e. The number of rotatable bonds is 2. The first kappa shape index (κ1) is 15.6. The van der Waals surface area contributed by atoms with Crippen LogP contribution in [0, 0.1) is 28.1 Å². The third kappa shape index (κ3) is 2.03. The zero-order valence-corrected chi connectivity index (χ0v) is 14.1. The molecule has 2 nitrogen and oxygen atoms in total. The highest BCUT2D eigenvalue weighted by molar-refractivity contribution is 5.75. The van der Waals surface area contributed by atoms with Crippen molar-refractivity contribution in [3.8, 4) is 0 Å². The quantitative estimate of drug-likeness (QED) is 0.730. The molecule has 0 aliphatic heterocycles. The molecule has 3 rings (SSSR count). The van der Waals surface area contributed by atoms with Gasteiger partial charge in [0.05, 0.1) is 5.41 Å². The van der Waals surface area contributed by atoms with Crippen LogP contribution in [0.1, 0.15) is 52.9 Å². The lowest BCUT2D eigenvalue weighted by molar-refractivity contribution is -0.159. The summed E-state index contributed by atoms with van der Waals surface area (Å²) in [5, 5.41) is 9.81. The van der Waals surface area contributed by atoms with Crippen molar-refractivity contribution >= 4 is 5.97 Å². The van der Waals surface area contributed by atoms with E-state index < -0.39 is 11.4 Å². The van der Waals surface area contributed by atoms with Crippen LogP contribution >= 0.6 is 0 Å². The van der Waals surface area contributed by atoms with Gasteiger partial charge in [0.2, 0.25) is 0 Å². The number of carboxylic acids is 1. The van der Waals surface area contributed by atoms with Crippen molar-refractivity contribution in [2.45, 2.75) is 52.9 Å². The van der Waals surface area contributed by atoms with E-state index in [1.165, 1.54) is 5.57 Å². The van der Waals surface area contributed by atoms with Crippen molar-refractivity contribution in [1.82, 2.24) is 0 Å². The number of carboxylic acid groups (broad SMARTS) is 1. The van der Waals surface area contributed by atoms with Crippen LogP contribution in [0.2, 0.25) is 0 Å². The van der Waals surface area contributed by atoms with E-state index >= 15 is 0 Å². The summed E-state index contributed by atoms with van der Waals surface area (Å²) in [5.41, 5.74) is 0.953. The summed E-state index contributed by atoms with van der Waals surface area (Å²) in [6.45, 7) is 10.5. The Labute approximate surface area is 134 Å². The smallest absolute Gasteiger partial charge is 0.309 e. The summed E-state index contributed by atoms with van der Waals surface area (Å²) in [7, 11) is 0. The molecule has 3 aliphatic rings. The fourth-order valence-corrected chi connectivity index (χ4v) is 5.36. The van der Waals surface area contributed by atoms with Crippen molar-refractivity contribution in [3.05, 3.63) is 36.5 Å². The van der Waals surface area contributed by atoms with Crippen molar-refractivity contribution in [1.29, 1.82) is 0 Å². The predicted molar refractivity (Wildman–Crippen MR) is 89.4 cm³/mol. The molecule has 2 heteroatoms. The average Bonchev–Trinajstić information content (AvgIpc) is 2.46. The van der Waals surface area contributed by atoms with Gasteiger partial charge in [0, 0.05) is 5.41 Å². The Morgan fingerprint density at radius 2 is 2.05 bits per heavy atom. The molecular weight excluding hydrogens is 272 g/mol. The predicted octanol–water partition coefficient (Wildman–Crippen LogP) is 4.98. The summed E-state index contributed by atoms with van der Waals surface area (Å²) in [4.78, 5) is 11.9. The Morgan fingerprint density at radius 1 is 1.32 bits per heavy atom. The van der Waals surface area contributed by atoms with Crippen LogP contribution in [0.3, 0.4) is 0 Å². The maximum absolute atomic E-state index is 11.9. The maximum atomic E-state index is 11.9. The lowest BCUT2D eigenvalue weighted by Crippen LogP contribution is -2.52. The molecule has 0 amide bonds. The lowest BCUT2D eigenvalue weighted by Gasteiger charge is -2.56. The SMILES string of the molecule is C=C[C@]1(C)C=C2C=CC3[C@](C)(CCC[C@@]3(C)C(=O)O)C2CC1. The zero-order valence-electron chi connectivity index (χ0n) is 14.1. The van der Waals surface area contributed by atoms with Crippen LogP contribution in [0.15, 0.2) is 36.5 Å². The molecule has 120 valence electrons. The molecule has 0 aromatic heterocycles. The number of fused-ring (bicyclic) bond motifs is 3. The topological polar surface area (TPSA) is 37.3 Å². The molecule has 1 saturated carbocycles. The number of carbonyl (C=O) groups is 1. The summed E-state index contributed by atoms with van der Waals surface area (Å²) in [6.07, 6.45) is 14.0. The Kier molecular flexibility index (Phi) is 3.43. The van der Waals surface area contributed by atoms with Gasteiger partial charge >= 0.3 is 5.97 Å². The first-order valence-corrected chi connectivity index (χ1v) is 8.53. The molecule has 0 aromatic rings. The fraction of sp³-hybridized carbons (Fsp3) is 0.650. The van der Waals surface area contributed by atoms with Gasteiger partial charge in [-0.3, -0.25) is 4.79 Å². The minimum Gasteiger partial charge on any atom is -0.481 e. The molecule has 5 atom stereocenters. The van der Waals surface area contributed by atoms with Gasteiger partial charge in [0.1, 0.15) is 0 Å². The minimum absolute atomic E-state index is 0.0779. The third-order valence-electron chi connectivity index (χ3n) is 6.91. The van der Waals surface area contributed by atoms with Gasteiger partial charge in [-0.05, 0) is 55.4 Å². The van der Waals surface area contributed by atoms with E-state index in [1.807, 2.05) is 6.92 Å². The molecule has 22 heavy (non-hydrogen) atoms. The Hall–Kier alpha value is -1.31. The monoisotopic (exact) mass is 300 g/mol. The highest BCUT2D eigenvalue weighted by Crippen LogP contribution is 2.61. The fourth-order valence-electron chi connectivity index (χ4n) is 5.36. The van der Waals surface area contributed by atoms with Crippen molar-refractivity contribution in [3.63, 3.8) is 0 Å². The second-order valence-electron chi connectivity index (χ2n) is 8.36. The highest BCUT2D eigenvalue weighted by atomic mass is 16.4. The molecule has 0 radical (unpaired) electrons. The van der Waals surface area contributed by atoms with Crippen molar-refractivity contribution < 1.29 is 9.90 Å². The zero-order chi connectivity index (χ0) is 16.2. The molecule has 2 unspecified atom stereocenters. The summed E-state index contributed by atoms with van der Waals surface area (Å²) < 4.78 is 0. The highest BCUT2D eigenvalue weighted by Gasteiger charge is 2.57. The molecule has 1 fully saturated rings. The van der Waals surface area contributed by atoms with Crippen LogP contribution in [0.4, 0.5) is 0 Å². The molecule has 0 bridgehead atoms. The molecular formula is C20H28O2. The Bertz CT molecular complexity index is 572. The molecule has 0 aromatic carbocycles. The van der Waals surface area contributed by atoms with Crippen LogP contribution in [0.25, 0.3) is 0 Å². The number of hydrogen-bond donors (Lipinski definition) is 1. The van der Waals surface area contributed by atoms with Crippen molar-refractivity contribution in [2.75, 3.05) is 0 Å². The van der Waals surface area contributed by atoms with E-state index in [1.54, 1.807) is 0 Å². The van der Waals surface area contributed by atoms with Gasteiger partial charge in [-0.1, -0.05) is 44.6 Å². The van der Waals surface area contributed by atoms with Crippen LogP contribution in [-0.2, 0) is 4.79 Å². The summed E-state index contributed by atoms with van der Waals surface area (Å²) in [6, 6.07) is 0. The second-order valence-corrected chi connectivity index (χ2v) is 8.36. The van der Waals surface area contributed by atoms with Gasteiger partial charge in [0.25, 0.3) is 0 Å². The van der Waals surface area contributed by atoms with Crippen molar-refractivity contribution in [2.24, 2.45) is 28.1 Å². The standard InChI is InChI=1S/C20H28O2/c1-5-18(2)12-9-15-14(13-18)7-8-16-19(15,3)10-6-11-20(16,4)17(21)22/h5,7-8,13,15-16H,1,6,9-12H2,2-4H3,(H,21,22)/t15?,16?,18-,19+,20+/m0/s1. The van der Waals surface area contributed by atoms with Crippen LogP contribution in [0.5, 0.6) is 0 Å². The summed E-state index contributed by atoms with van der Waals surface area (Å²) in [5.74, 6) is 0.00299. The Morgan fingerprint density at radius 3 is 2.68 bits per heavy atom. The van der Waals surface area contributed by atoms with E-state index in [0.29, 0.717) is 5.92 Å². The Balaban J connectivity index is 2.07. The number of aliphatic carboxylic acids is 1.